The van der Waals surface area contributed by atoms with Crippen LogP contribution >= 0.6 is 0 Å². The predicted molar refractivity (Wildman–Crippen MR) is 57.4 cm³/mol. The second-order valence-corrected chi connectivity index (χ2v) is 2.59. The van der Waals surface area contributed by atoms with Gasteiger partial charge in [0, 0.05) is 17.9 Å². The van der Waals surface area contributed by atoms with Crippen LogP contribution in [0.15, 0.2) is 35.3 Å². The number of aliphatic imine (C=N–C) groups is 1. The highest BCUT2D eigenvalue weighted by Crippen LogP contribution is 2.15. The van der Waals surface area contributed by atoms with Crippen molar-refractivity contribution >= 4 is 11.9 Å². The van der Waals surface area contributed by atoms with Crippen molar-refractivity contribution < 1.29 is 4.39 Å². The van der Waals surface area contributed by atoms with Gasteiger partial charge in [-0.15, -0.1) is 6.42 Å². The lowest BCUT2D eigenvalue weighted by atomic mass is 10.1. The van der Waals surface area contributed by atoms with Crippen molar-refractivity contribution in [1.82, 2.24) is 0 Å². The fourth-order valence-electron chi connectivity index (χ4n) is 1.03. The molecule has 14 heavy (non-hydrogen) atoms. The van der Waals surface area contributed by atoms with Crippen molar-refractivity contribution in [2.24, 2.45) is 4.99 Å². The van der Waals surface area contributed by atoms with E-state index in [-0.39, 0.29) is 5.82 Å². The normalized spacial score (nSPS) is 11.6. The zero-order valence-corrected chi connectivity index (χ0v) is 7.87. The molecule has 0 saturated carbocycles. The largest absolute Gasteiger partial charge is 0.260 e. The second-order valence-electron chi connectivity index (χ2n) is 2.59. The van der Waals surface area contributed by atoms with Gasteiger partial charge in [0.25, 0.3) is 0 Å². The summed E-state index contributed by atoms with van der Waals surface area (Å²) in [4.78, 5) is 4.08. The zero-order chi connectivity index (χ0) is 10.4. The summed E-state index contributed by atoms with van der Waals surface area (Å²) in [6, 6.07) is 6.05. The average Bonchev–Trinajstić information content (AvgIpc) is 2.19. The van der Waals surface area contributed by atoms with Crippen LogP contribution in [0, 0.1) is 18.2 Å². The molecule has 1 rings (SSSR count). The number of hydrogen-bond acceptors (Lipinski definition) is 1. The minimum Gasteiger partial charge on any atom is -0.260 e. The van der Waals surface area contributed by atoms with Crippen molar-refractivity contribution in [2.75, 3.05) is 0 Å². The minimum atomic E-state index is -0.269. The Morgan fingerprint density at radius 2 is 2.07 bits per heavy atom. The number of halogens is 1. The molecule has 0 heterocycles. The van der Waals surface area contributed by atoms with Gasteiger partial charge in [0.1, 0.15) is 5.82 Å². The summed E-state index contributed by atoms with van der Waals surface area (Å²) in [5, 5.41) is 0. The molecule has 0 unspecified atom stereocenters. The molecule has 0 aliphatic carbocycles. The Morgan fingerprint density at radius 1 is 1.43 bits per heavy atom. The quantitative estimate of drug-likeness (QED) is 0.498. The summed E-state index contributed by atoms with van der Waals surface area (Å²) >= 11 is 0. The third-order valence-electron chi connectivity index (χ3n) is 1.63. The predicted octanol–water partition coefficient (Wildman–Crippen LogP) is 2.89. The molecule has 0 aliphatic heterocycles. The molecule has 0 bridgehead atoms. The number of hydrogen-bond donors (Lipinski definition) is 0. The monoisotopic (exact) mass is 187 g/mol. The Hall–Kier alpha value is -1.88. The van der Waals surface area contributed by atoms with Gasteiger partial charge in [-0.25, -0.2) is 4.39 Å². The molecule has 0 saturated heterocycles. The van der Waals surface area contributed by atoms with Crippen LogP contribution in [0.25, 0.3) is 5.70 Å². The highest BCUT2D eigenvalue weighted by Gasteiger charge is 1.97. The van der Waals surface area contributed by atoms with Gasteiger partial charge in [-0.3, -0.25) is 4.99 Å². The van der Waals surface area contributed by atoms with E-state index in [0.29, 0.717) is 5.70 Å². The van der Waals surface area contributed by atoms with Gasteiger partial charge in [0.05, 0.1) is 5.70 Å². The number of rotatable bonds is 2. The summed E-state index contributed by atoms with van der Waals surface area (Å²) in [6.07, 6.45) is 8.35. The lowest BCUT2D eigenvalue weighted by molar-refractivity contribution is 0.627. The number of allylic oxidation sites excluding steroid dienone is 1. The van der Waals surface area contributed by atoms with Crippen molar-refractivity contribution in [3.8, 4) is 12.3 Å². The van der Waals surface area contributed by atoms with Crippen LogP contribution in [0.4, 0.5) is 4.39 Å². The molecule has 0 spiro atoms. The van der Waals surface area contributed by atoms with Crippen LogP contribution in [0.3, 0.4) is 0 Å². The molecule has 0 fully saturated rings. The fraction of sp³-hybridized carbons (Fsp3) is 0.0833. The van der Waals surface area contributed by atoms with E-state index in [1.807, 2.05) is 0 Å². The molecular formula is C12H10FN. The second kappa shape index (κ2) is 4.98. The summed E-state index contributed by atoms with van der Waals surface area (Å²) < 4.78 is 12.6. The van der Waals surface area contributed by atoms with E-state index in [1.165, 1.54) is 12.1 Å². The first-order valence-corrected chi connectivity index (χ1v) is 4.19. The molecule has 0 N–H and O–H groups in total. The summed E-state index contributed by atoms with van der Waals surface area (Å²) in [7, 11) is 0. The number of benzene rings is 1. The van der Waals surface area contributed by atoms with Crippen LogP contribution in [0.1, 0.15) is 12.5 Å². The van der Waals surface area contributed by atoms with Crippen LogP contribution < -0.4 is 0 Å². The minimum absolute atomic E-state index is 0.269. The van der Waals surface area contributed by atoms with Gasteiger partial charge in [-0.2, -0.15) is 0 Å². The third kappa shape index (κ3) is 2.56. The Labute approximate surface area is 83.0 Å². The SMILES string of the molecule is C#C/C=C(\N=CC)c1ccc(F)cc1. The summed E-state index contributed by atoms with van der Waals surface area (Å²) in [5.41, 5.74) is 1.47. The lowest BCUT2D eigenvalue weighted by Crippen LogP contribution is -1.82. The van der Waals surface area contributed by atoms with Gasteiger partial charge >= 0.3 is 0 Å². The van der Waals surface area contributed by atoms with E-state index in [4.69, 9.17) is 6.42 Å². The van der Waals surface area contributed by atoms with E-state index >= 15 is 0 Å². The Kier molecular flexibility index (Phi) is 3.63. The average molecular weight is 187 g/mol. The van der Waals surface area contributed by atoms with E-state index in [0.717, 1.165) is 5.56 Å². The molecule has 1 nitrogen and oxygen atoms in total. The number of terminal acetylenes is 1. The number of nitrogens with zero attached hydrogens (tertiary/aromatic N) is 1. The van der Waals surface area contributed by atoms with Crippen molar-refractivity contribution in [1.29, 1.82) is 0 Å². The third-order valence-corrected chi connectivity index (χ3v) is 1.63. The maximum Gasteiger partial charge on any atom is 0.123 e. The van der Waals surface area contributed by atoms with E-state index < -0.39 is 0 Å². The van der Waals surface area contributed by atoms with Crippen molar-refractivity contribution in [3.05, 3.63) is 41.7 Å². The first-order chi connectivity index (χ1) is 6.77. The van der Waals surface area contributed by atoms with Gasteiger partial charge < -0.3 is 0 Å². The standard InChI is InChI=1S/C12H10FN/c1-3-5-12(14-4-2)10-6-8-11(13)9-7-10/h1,4-9H,2H3/b12-5-,14-4?. The molecule has 1 aromatic carbocycles. The molecule has 0 radical (unpaired) electrons. The van der Waals surface area contributed by atoms with Gasteiger partial charge in [0.15, 0.2) is 0 Å². The molecule has 0 aromatic heterocycles. The summed E-state index contributed by atoms with van der Waals surface area (Å²) in [6.45, 7) is 1.80. The van der Waals surface area contributed by atoms with E-state index in [1.54, 1.807) is 31.3 Å². The van der Waals surface area contributed by atoms with Gasteiger partial charge in [-0.05, 0) is 31.2 Å². The first-order valence-electron chi connectivity index (χ1n) is 4.19. The van der Waals surface area contributed by atoms with Gasteiger partial charge in [0.2, 0.25) is 0 Å². The lowest BCUT2D eigenvalue weighted by Gasteiger charge is -1.99. The first kappa shape index (κ1) is 10.2. The van der Waals surface area contributed by atoms with Crippen LogP contribution in [-0.2, 0) is 0 Å². The van der Waals surface area contributed by atoms with Gasteiger partial charge in [-0.1, -0.05) is 5.92 Å². The molecular weight excluding hydrogens is 177 g/mol. The zero-order valence-electron chi connectivity index (χ0n) is 7.87. The molecule has 2 heteroatoms. The van der Waals surface area contributed by atoms with Crippen LogP contribution in [0.2, 0.25) is 0 Å². The fourth-order valence-corrected chi connectivity index (χ4v) is 1.03. The molecule has 1 aromatic rings. The molecule has 0 atom stereocenters. The van der Waals surface area contributed by atoms with Crippen LogP contribution in [0.5, 0.6) is 0 Å². The highest BCUT2D eigenvalue weighted by molar-refractivity contribution is 5.74. The Balaban J connectivity index is 3.08. The smallest absolute Gasteiger partial charge is 0.123 e. The molecule has 70 valence electrons. The summed E-state index contributed by atoms with van der Waals surface area (Å²) in [5.74, 6) is 2.13. The topological polar surface area (TPSA) is 12.4 Å². The molecule has 0 aliphatic rings. The van der Waals surface area contributed by atoms with Crippen LogP contribution in [-0.4, -0.2) is 6.21 Å². The highest BCUT2D eigenvalue weighted by atomic mass is 19.1. The Bertz CT molecular complexity index is 393. The Morgan fingerprint density at radius 3 is 2.57 bits per heavy atom. The maximum absolute atomic E-state index is 12.6. The van der Waals surface area contributed by atoms with Crippen molar-refractivity contribution in [3.63, 3.8) is 0 Å². The maximum atomic E-state index is 12.6. The van der Waals surface area contributed by atoms with E-state index in [9.17, 15) is 4.39 Å². The van der Waals surface area contributed by atoms with Crippen molar-refractivity contribution in [2.45, 2.75) is 6.92 Å². The van der Waals surface area contributed by atoms with E-state index in [2.05, 4.69) is 10.9 Å². The molecule has 0 amide bonds.